The molecule has 0 spiro atoms. The van der Waals surface area contributed by atoms with E-state index in [-0.39, 0.29) is 51.4 Å². The van der Waals surface area contributed by atoms with E-state index in [1.54, 1.807) is 0 Å². The first-order valence-electron chi connectivity index (χ1n) is 11.0. The number of carbonyl (C=O) groups is 4. The van der Waals surface area contributed by atoms with Crippen molar-refractivity contribution < 1.29 is 44.5 Å². The topological polar surface area (TPSA) is 205 Å². The lowest BCUT2D eigenvalue weighted by Crippen LogP contribution is -2.59. The van der Waals surface area contributed by atoms with Crippen LogP contribution in [0.3, 0.4) is 0 Å². The van der Waals surface area contributed by atoms with E-state index in [1.807, 2.05) is 0 Å². The van der Waals surface area contributed by atoms with Crippen molar-refractivity contribution in [3.05, 3.63) is 39.9 Å². The lowest BCUT2D eigenvalue weighted by Gasteiger charge is -2.43. The van der Waals surface area contributed by atoms with Crippen LogP contribution in [0.15, 0.2) is 24.3 Å². The van der Waals surface area contributed by atoms with Gasteiger partial charge >= 0.3 is 23.9 Å². The number of nitrogens with zero attached hydrogens (tertiary/aromatic N) is 5. The fourth-order valence-corrected chi connectivity index (χ4v) is 4.07. The number of non-ortho nitro benzene ring substituents is 1. The van der Waals surface area contributed by atoms with Gasteiger partial charge in [-0.15, -0.1) is 0 Å². The standard InChI is InChI=1S/C21H29N5O10/c27-18(28)11-22-5-6-23(12-19(29)30)10-17(9-15-1-3-16(4-2-15)26(35)36)25(14-21(33)34)24(8-7-22)13-20(31)32/h1-4,17H,5-14H2,(H,27,28)(H,29,30)(H,31,32)(H,33,34). The Bertz CT molecular complexity index is 957. The second-order valence-corrected chi connectivity index (χ2v) is 8.35. The van der Waals surface area contributed by atoms with Gasteiger partial charge in [0.2, 0.25) is 0 Å². The number of hydrazine groups is 1. The largest absolute Gasteiger partial charge is 0.480 e. The fraction of sp³-hybridized carbons (Fsp3) is 0.524. The van der Waals surface area contributed by atoms with Gasteiger partial charge in [-0.2, -0.15) is 0 Å². The maximum absolute atomic E-state index is 11.8. The third-order valence-corrected chi connectivity index (χ3v) is 5.61. The average Bonchev–Trinajstić information content (AvgIpc) is 2.76. The summed E-state index contributed by atoms with van der Waals surface area (Å²) >= 11 is 0. The molecule has 0 aromatic heterocycles. The Hall–Kier alpha value is -3.66. The second-order valence-electron chi connectivity index (χ2n) is 8.35. The van der Waals surface area contributed by atoms with Gasteiger partial charge in [-0.05, 0) is 12.0 Å². The predicted octanol–water partition coefficient (Wildman–Crippen LogP) is -1.02. The van der Waals surface area contributed by atoms with Crippen molar-refractivity contribution in [2.24, 2.45) is 0 Å². The third kappa shape index (κ3) is 9.53. The SMILES string of the molecule is O=C(O)CN1CCN(CC(=O)O)CC(Cc2ccc([N+](=O)[O-])cc2)N(CC(=O)O)N(CC(=O)O)CC1. The predicted molar refractivity (Wildman–Crippen MR) is 122 cm³/mol. The van der Waals surface area contributed by atoms with E-state index in [0.29, 0.717) is 5.56 Å². The molecule has 2 rings (SSSR count). The van der Waals surface area contributed by atoms with Gasteiger partial charge < -0.3 is 20.4 Å². The molecule has 1 aromatic rings. The van der Waals surface area contributed by atoms with Crippen LogP contribution in [0.25, 0.3) is 0 Å². The molecule has 198 valence electrons. The molecule has 1 saturated heterocycles. The number of aliphatic carboxylic acids is 4. The average molecular weight is 511 g/mol. The summed E-state index contributed by atoms with van der Waals surface area (Å²) in [6, 6.07) is 4.91. The van der Waals surface area contributed by atoms with Crippen molar-refractivity contribution in [3.63, 3.8) is 0 Å². The Labute approximate surface area is 205 Å². The smallest absolute Gasteiger partial charge is 0.319 e. The molecule has 15 heteroatoms. The summed E-state index contributed by atoms with van der Waals surface area (Å²) < 4.78 is 0. The highest BCUT2D eigenvalue weighted by atomic mass is 16.6. The van der Waals surface area contributed by atoms with Gasteiger partial charge in [-0.25, -0.2) is 10.0 Å². The molecule has 1 aliphatic heterocycles. The van der Waals surface area contributed by atoms with Crippen molar-refractivity contribution in [3.8, 4) is 0 Å². The molecule has 0 bridgehead atoms. The maximum Gasteiger partial charge on any atom is 0.319 e. The number of carboxylic acids is 4. The molecule has 15 nitrogen and oxygen atoms in total. The molecular formula is C21H29N5O10. The summed E-state index contributed by atoms with van der Waals surface area (Å²) in [6.07, 6.45) is 0.149. The number of benzene rings is 1. The first-order valence-corrected chi connectivity index (χ1v) is 11.0. The highest BCUT2D eigenvalue weighted by Crippen LogP contribution is 2.18. The van der Waals surface area contributed by atoms with E-state index >= 15 is 0 Å². The summed E-state index contributed by atoms with van der Waals surface area (Å²) in [6.45, 7) is -1.41. The van der Waals surface area contributed by atoms with Crippen molar-refractivity contribution in [2.75, 3.05) is 58.9 Å². The molecule has 0 radical (unpaired) electrons. The van der Waals surface area contributed by atoms with E-state index in [2.05, 4.69) is 0 Å². The molecule has 0 aliphatic carbocycles. The van der Waals surface area contributed by atoms with Crippen molar-refractivity contribution in [1.29, 1.82) is 0 Å². The van der Waals surface area contributed by atoms with Crippen LogP contribution >= 0.6 is 0 Å². The minimum Gasteiger partial charge on any atom is -0.480 e. The van der Waals surface area contributed by atoms with E-state index in [0.717, 1.165) is 0 Å². The molecule has 1 aliphatic rings. The van der Waals surface area contributed by atoms with Crippen molar-refractivity contribution in [2.45, 2.75) is 12.5 Å². The Morgan fingerprint density at radius 3 is 1.81 bits per heavy atom. The minimum atomic E-state index is -1.25. The lowest BCUT2D eigenvalue weighted by molar-refractivity contribution is -0.384. The van der Waals surface area contributed by atoms with Crippen LogP contribution in [0.5, 0.6) is 0 Å². The van der Waals surface area contributed by atoms with Crippen molar-refractivity contribution in [1.82, 2.24) is 19.8 Å². The van der Waals surface area contributed by atoms with Gasteiger partial charge in [-0.1, -0.05) is 12.1 Å². The fourth-order valence-electron chi connectivity index (χ4n) is 4.07. The zero-order chi connectivity index (χ0) is 26.8. The molecule has 1 unspecified atom stereocenters. The first kappa shape index (κ1) is 28.6. The number of hydrogen-bond acceptors (Lipinski definition) is 10. The van der Waals surface area contributed by atoms with Gasteiger partial charge in [0, 0.05) is 50.9 Å². The summed E-state index contributed by atoms with van der Waals surface area (Å²) in [5, 5.41) is 51.3. The van der Waals surface area contributed by atoms with E-state index in [4.69, 9.17) is 0 Å². The Morgan fingerprint density at radius 1 is 0.778 bits per heavy atom. The summed E-state index contributed by atoms with van der Waals surface area (Å²) in [5.74, 6) is -4.73. The van der Waals surface area contributed by atoms with Crippen LogP contribution in [0.4, 0.5) is 5.69 Å². The van der Waals surface area contributed by atoms with Crippen LogP contribution in [0, 0.1) is 10.1 Å². The summed E-state index contributed by atoms with van der Waals surface area (Å²) in [7, 11) is 0. The molecule has 4 N–H and O–H groups in total. The number of nitro groups is 1. The highest BCUT2D eigenvalue weighted by Gasteiger charge is 2.32. The van der Waals surface area contributed by atoms with Crippen LogP contribution < -0.4 is 0 Å². The lowest BCUT2D eigenvalue weighted by atomic mass is 10.0. The van der Waals surface area contributed by atoms with E-state index in [9.17, 15) is 49.7 Å². The third-order valence-electron chi connectivity index (χ3n) is 5.61. The zero-order valence-electron chi connectivity index (χ0n) is 19.4. The first-order chi connectivity index (χ1) is 16.9. The quantitative estimate of drug-likeness (QED) is 0.207. The van der Waals surface area contributed by atoms with Crippen LogP contribution in [0.1, 0.15) is 5.56 Å². The molecular weight excluding hydrogens is 482 g/mol. The summed E-state index contributed by atoms with van der Waals surface area (Å²) in [5.41, 5.74) is 0.474. The van der Waals surface area contributed by atoms with Gasteiger partial charge in [-0.3, -0.25) is 39.1 Å². The Morgan fingerprint density at radius 2 is 1.28 bits per heavy atom. The second kappa shape index (κ2) is 13.4. The van der Waals surface area contributed by atoms with Gasteiger partial charge in [0.15, 0.2) is 0 Å². The molecule has 0 saturated carbocycles. The molecule has 36 heavy (non-hydrogen) atoms. The normalized spacial score (nSPS) is 18.9. The molecule has 1 heterocycles. The van der Waals surface area contributed by atoms with E-state index in [1.165, 1.54) is 44.1 Å². The number of rotatable bonds is 11. The number of nitro benzene ring substituents is 1. The minimum absolute atomic E-state index is 0.0164. The van der Waals surface area contributed by atoms with Gasteiger partial charge in [0.05, 0.1) is 18.0 Å². The Kier molecular flexibility index (Phi) is 10.7. The van der Waals surface area contributed by atoms with Gasteiger partial charge in [0.25, 0.3) is 5.69 Å². The number of hydrogen-bond donors (Lipinski definition) is 4. The van der Waals surface area contributed by atoms with Crippen LogP contribution in [-0.2, 0) is 25.6 Å². The highest BCUT2D eigenvalue weighted by molar-refractivity contribution is 5.71. The summed E-state index contributed by atoms with van der Waals surface area (Å²) in [4.78, 5) is 59.6. The monoisotopic (exact) mass is 511 g/mol. The number of carboxylic acid groups (broad SMARTS) is 4. The maximum atomic E-state index is 11.8. The van der Waals surface area contributed by atoms with Gasteiger partial charge in [0.1, 0.15) is 13.1 Å². The molecule has 1 atom stereocenters. The van der Waals surface area contributed by atoms with Crippen molar-refractivity contribution >= 4 is 29.6 Å². The molecule has 1 fully saturated rings. The molecule has 1 aromatic carbocycles. The van der Waals surface area contributed by atoms with Crippen LogP contribution in [0.2, 0.25) is 0 Å². The molecule has 0 amide bonds. The van der Waals surface area contributed by atoms with Crippen LogP contribution in [-0.4, -0.2) is 134 Å². The van der Waals surface area contributed by atoms with E-state index < -0.39 is 54.5 Å². The zero-order valence-corrected chi connectivity index (χ0v) is 19.4. The Balaban J connectivity index is 2.47.